The van der Waals surface area contributed by atoms with Crippen LogP contribution in [-0.2, 0) is 4.79 Å². The lowest BCUT2D eigenvalue weighted by molar-refractivity contribution is -0.400. The van der Waals surface area contributed by atoms with Crippen LogP contribution in [0.3, 0.4) is 0 Å². The van der Waals surface area contributed by atoms with E-state index in [1.807, 2.05) is 0 Å². The monoisotopic (exact) mass is 118 g/mol. The van der Waals surface area contributed by atoms with Gasteiger partial charge in [-0.15, -0.1) is 0 Å². The summed E-state index contributed by atoms with van der Waals surface area (Å²) in [5.41, 5.74) is 3.65. The molecule has 0 aromatic heterocycles. The van der Waals surface area contributed by atoms with Crippen molar-refractivity contribution >= 4 is 16.9 Å². The van der Waals surface area contributed by atoms with Crippen molar-refractivity contribution in [3.05, 3.63) is 0 Å². The fraction of sp³-hybridized carbons (Fsp3) is 0.750. The standard InChI is InChI=1S/C4H7NOS/c5-3-1-2-7-4(3)6/h3H,1-2,5H2/p+1/t3-/m1/s1. The van der Waals surface area contributed by atoms with Gasteiger partial charge in [0.15, 0.2) is 6.04 Å². The molecule has 1 aliphatic rings. The first-order valence-corrected chi connectivity index (χ1v) is 3.29. The van der Waals surface area contributed by atoms with Crippen LogP contribution in [0.4, 0.5) is 0 Å². The molecule has 1 rings (SSSR count). The Hall–Kier alpha value is -0.0200. The van der Waals surface area contributed by atoms with Crippen molar-refractivity contribution in [1.29, 1.82) is 0 Å². The maximum absolute atomic E-state index is 10.5. The first-order valence-electron chi connectivity index (χ1n) is 2.30. The largest absolute Gasteiger partial charge is 0.348 e. The summed E-state index contributed by atoms with van der Waals surface area (Å²) in [6.07, 6.45) is 0.976. The van der Waals surface area contributed by atoms with Crippen LogP contribution in [0.2, 0.25) is 0 Å². The van der Waals surface area contributed by atoms with Crippen LogP contribution < -0.4 is 5.73 Å². The second-order valence-electron chi connectivity index (χ2n) is 1.65. The Labute approximate surface area is 46.5 Å². The Balaban J connectivity index is 2.48. The maximum Gasteiger partial charge on any atom is 0.246 e. The normalized spacial score (nSPS) is 31.6. The molecule has 0 aromatic carbocycles. The van der Waals surface area contributed by atoms with Gasteiger partial charge in [-0.2, -0.15) is 0 Å². The molecule has 1 atom stereocenters. The van der Waals surface area contributed by atoms with Crippen LogP contribution in [0.1, 0.15) is 6.42 Å². The Morgan fingerprint density at radius 1 is 1.86 bits per heavy atom. The molecule has 2 nitrogen and oxygen atoms in total. The van der Waals surface area contributed by atoms with Crippen molar-refractivity contribution in [1.82, 2.24) is 0 Å². The summed E-state index contributed by atoms with van der Waals surface area (Å²) in [7, 11) is 0. The fourth-order valence-electron chi connectivity index (χ4n) is 0.537. The van der Waals surface area contributed by atoms with E-state index in [1.165, 1.54) is 11.8 Å². The summed E-state index contributed by atoms with van der Waals surface area (Å²) in [5.74, 6) is 0.979. The molecule has 0 unspecified atom stereocenters. The zero-order valence-electron chi connectivity index (χ0n) is 4.02. The number of rotatable bonds is 0. The number of carbonyl (C=O) groups is 1. The highest BCUT2D eigenvalue weighted by atomic mass is 32.2. The van der Waals surface area contributed by atoms with E-state index in [4.69, 9.17) is 0 Å². The molecule has 1 saturated heterocycles. The van der Waals surface area contributed by atoms with Crippen molar-refractivity contribution in [2.45, 2.75) is 12.5 Å². The molecule has 0 bridgehead atoms. The highest BCUT2D eigenvalue weighted by molar-refractivity contribution is 8.14. The molecular weight excluding hydrogens is 110 g/mol. The van der Waals surface area contributed by atoms with Gasteiger partial charge in [0, 0.05) is 12.2 Å². The van der Waals surface area contributed by atoms with E-state index >= 15 is 0 Å². The molecule has 3 N–H and O–H groups in total. The predicted molar refractivity (Wildman–Crippen MR) is 28.8 cm³/mol. The Morgan fingerprint density at radius 2 is 2.57 bits per heavy atom. The molecule has 0 saturated carbocycles. The van der Waals surface area contributed by atoms with E-state index in [1.54, 1.807) is 0 Å². The number of quaternary nitrogens is 1. The van der Waals surface area contributed by atoms with Gasteiger partial charge in [-0.1, -0.05) is 11.8 Å². The molecule has 0 radical (unpaired) electrons. The molecule has 1 heterocycles. The molecule has 7 heavy (non-hydrogen) atoms. The Kier molecular flexibility index (Phi) is 1.35. The summed E-state index contributed by atoms with van der Waals surface area (Å²) in [6, 6.07) is 0.0880. The maximum atomic E-state index is 10.5. The second-order valence-corrected chi connectivity index (χ2v) is 2.75. The first kappa shape index (κ1) is 5.12. The van der Waals surface area contributed by atoms with E-state index in [-0.39, 0.29) is 11.2 Å². The summed E-state index contributed by atoms with van der Waals surface area (Å²) in [4.78, 5) is 10.5. The number of hydrogen-bond acceptors (Lipinski definition) is 2. The molecule has 0 aromatic rings. The van der Waals surface area contributed by atoms with Crippen molar-refractivity contribution in [3.8, 4) is 0 Å². The average molecular weight is 118 g/mol. The van der Waals surface area contributed by atoms with E-state index < -0.39 is 0 Å². The lowest BCUT2D eigenvalue weighted by Crippen LogP contribution is -2.62. The van der Waals surface area contributed by atoms with Gasteiger partial charge in [0.1, 0.15) is 0 Å². The molecule has 0 spiro atoms. The summed E-state index contributed by atoms with van der Waals surface area (Å²) >= 11 is 1.40. The first-order chi connectivity index (χ1) is 3.30. The summed E-state index contributed by atoms with van der Waals surface area (Å²) < 4.78 is 0. The average Bonchev–Trinajstić information content (AvgIpc) is 1.91. The minimum atomic E-state index is 0.0880. The third-order valence-electron chi connectivity index (χ3n) is 1.04. The predicted octanol–water partition coefficient (Wildman–Crippen LogP) is -0.740. The van der Waals surface area contributed by atoms with Gasteiger partial charge in [-0.3, -0.25) is 4.79 Å². The quantitative estimate of drug-likeness (QED) is 0.455. The molecule has 3 heteroatoms. The third kappa shape index (κ3) is 0.951. The van der Waals surface area contributed by atoms with Gasteiger partial charge in [0.2, 0.25) is 5.12 Å². The van der Waals surface area contributed by atoms with Crippen LogP contribution in [0.5, 0.6) is 0 Å². The number of hydrogen-bond donors (Lipinski definition) is 1. The van der Waals surface area contributed by atoms with E-state index in [0.717, 1.165) is 12.2 Å². The second kappa shape index (κ2) is 1.84. The molecule has 0 aliphatic carbocycles. The van der Waals surface area contributed by atoms with E-state index in [0.29, 0.717) is 0 Å². The summed E-state index contributed by atoms with van der Waals surface area (Å²) in [5, 5.41) is 0.264. The third-order valence-corrected chi connectivity index (χ3v) is 2.10. The van der Waals surface area contributed by atoms with Crippen LogP contribution in [0.15, 0.2) is 0 Å². The highest BCUT2D eigenvalue weighted by Crippen LogP contribution is 2.15. The number of thioether (sulfide) groups is 1. The zero-order chi connectivity index (χ0) is 5.28. The SMILES string of the molecule is [NH3+][C@@H]1CCSC1=O. The van der Waals surface area contributed by atoms with E-state index in [9.17, 15) is 4.79 Å². The van der Waals surface area contributed by atoms with Gasteiger partial charge < -0.3 is 5.73 Å². The lowest BCUT2D eigenvalue weighted by Gasteiger charge is -1.86. The fourth-order valence-corrected chi connectivity index (χ4v) is 1.49. The van der Waals surface area contributed by atoms with E-state index in [2.05, 4.69) is 5.73 Å². The molecule has 0 amide bonds. The molecular formula is C4H8NOS+. The van der Waals surface area contributed by atoms with Crippen LogP contribution in [0, 0.1) is 0 Å². The smallest absolute Gasteiger partial charge is 0.246 e. The van der Waals surface area contributed by atoms with Crippen molar-refractivity contribution in [2.75, 3.05) is 5.75 Å². The van der Waals surface area contributed by atoms with Crippen LogP contribution in [-0.4, -0.2) is 16.9 Å². The zero-order valence-corrected chi connectivity index (χ0v) is 4.83. The topological polar surface area (TPSA) is 44.7 Å². The van der Waals surface area contributed by atoms with Gasteiger partial charge >= 0.3 is 0 Å². The van der Waals surface area contributed by atoms with Crippen molar-refractivity contribution in [3.63, 3.8) is 0 Å². The Morgan fingerprint density at radius 3 is 2.71 bits per heavy atom. The van der Waals surface area contributed by atoms with Gasteiger partial charge in [-0.05, 0) is 0 Å². The van der Waals surface area contributed by atoms with Gasteiger partial charge in [0.05, 0.1) is 0 Å². The lowest BCUT2D eigenvalue weighted by atomic mass is 10.3. The minimum Gasteiger partial charge on any atom is -0.348 e. The summed E-state index contributed by atoms with van der Waals surface area (Å²) in [6.45, 7) is 0. The Bertz CT molecular complexity index is 93.7. The minimum absolute atomic E-state index is 0.0880. The van der Waals surface area contributed by atoms with Crippen molar-refractivity contribution in [2.24, 2.45) is 0 Å². The van der Waals surface area contributed by atoms with Gasteiger partial charge in [0.25, 0.3) is 0 Å². The molecule has 1 aliphatic heterocycles. The van der Waals surface area contributed by atoms with Crippen molar-refractivity contribution < 1.29 is 10.5 Å². The number of carbonyl (C=O) groups excluding carboxylic acids is 1. The molecule has 40 valence electrons. The van der Waals surface area contributed by atoms with Crippen LogP contribution in [0.25, 0.3) is 0 Å². The van der Waals surface area contributed by atoms with Crippen LogP contribution >= 0.6 is 11.8 Å². The highest BCUT2D eigenvalue weighted by Gasteiger charge is 2.23. The van der Waals surface area contributed by atoms with Gasteiger partial charge in [-0.25, -0.2) is 0 Å². The molecule has 1 fully saturated rings.